The Kier molecular flexibility index (Phi) is 11.5. The van der Waals surface area contributed by atoms with E-state index in [4.69, 9.17) is 14.2 Å². The third kappa shape index (κ3) is 8.42. The third-order valence-electron chi connectivity index (χ3n) is 10.7. The lowest BCUT2D eigenvalue weighted by molar-refractivity contribution is -0.253. The smallest absolute Gasteiger partial charge is 0.328 e. The van der Waals surface area contributed by atoms with Gasteiger partial charge < -0.3 is 45.1 Å². The minimum Gasteiger partial charge on any atom is -0.467 e. The quantitative estimate of drug-likeness (QED) is 0.156. The predicted octanol–water partition coefficient (Wildman–Crippen LogP) is 5.06. The highest BCUT2D eigenvalue weighted by atomic mass is 16.7. The summed E-state index contributed by atoms with van der Waals surface area (Å²) < 4.78 is 18.2. The number of piperidine rings is 1. The molecule has 0 aromatic heterocycles. The number of rotatable bonds is 11. The number of carbonyl (C=O) groups excluding carboxylic acids is 3. The van der Waals surface area contributed by atoms with E-state index in [9.17, 15) is 19.5 Å². The van der Waals surface area contributed by atoms with Crippen LogP contribution in [-0.4, -0.2) is 79.0 Å². The Hall–Kier alpha value is -5.27. The monoisotopic (exact) mass is 733 g/mol. The number of methoxy groups -OCH3 is 1. The molecule has 3 aliphatic rings. The number of esters is 1. The summed E-state index contributed by atoms with van der Waals surface area (Å²) >= 11 is 0. The SMILES string of the molecule is COC(=O)C(Cc1ccccc1)NC(=O)Nc1cccc(C2OC(CN3CCC4(CC3)C(=O)NCN4c3ccccc3)CC(c3ccc(CO)cc3)O2)c1. The Morgan fingerprint density at radius 2 is 1.63 bits per heavy atom. The van der Waals surface area contributed by atoms with Gasteiger partial charge in [0.1, 0.15) is 11.6 Å². The van der Waals surface area contributed by atoms with E-state index in [1.165, 1.54) is 7.11 Å². The maximum absolute atomic E-state index is 13.3. The first-order chi connectivity index (χ1) is 26.3. The molecule has 3 heterocycles. The van der Waals surface area contributed by atoms with Gasteiger partial charge in [0.2, 0.25) is 5.91 Å². The minimum atomic E-state index is -0.876. The number of para-hydroxylation sites is 1. The zero-order valence-corrected chi connectivity index (χ0v) is 30.4. The number of nitrogens with zero attached hydrogens (tertiary/aromatic N) is 2. The molecule has 7 rings (SSSR count). The van der Waals surface area contributed by atoms with Gasteiger partial charge >= 0.3 is 12.0 Å². The second-order valence-corrected chi connectivity index (χ2v) is 14.1. The number of hydrogen-bond acceptors (Lipinski definition) is 9. The van der Waals surface area contributed by atoms with Gasteiger partial charge in [-0.15, -0.1) is 0 Å². The molecule has 3 aliphatic heterocycles. The van der Waals surface area contributed by atoms with Gasteiger partial charge in [-0.3, -0.25) is 4.79 Å². The molecule has 4 aromatic carbocycles. The van der Waals surface area contributed by atoms with E-state index in [0.717, 1.165) is 41.0 Å². The molecule has 54 heavy (non-hydrogen) atoms. The van der Waals surface area contributed by atoms with Crippen molar-refractivity contribution in [3.8, 4) is 0 Å². The Bertz CT molecular complexity index is 1890. The van der Waals surface area contributed by atoms with Crippen LogP contribution in [0.15, 0.2) is 109 Å². The molecule has 4 N–H and O–H groups in total. The van der Waals surface area contributed by atoms with Crippen molar-refractivity contribution in [1.29, 1.82) is 0 Å². The molecule has 3 saturated heterocycles. The number of hydrogen-bond donors (Lipinski definition) is 4. The van der Waals surface area contributed by atoms with E-state index in [-0.39, 0.29) is 31.1 Å². The second kappa shape index (κ2) is 16.8. The van der Waals surface area contributed by atoms with Crippen LogP contribution in [-0.2, 0) is 36.8 Å². The average molecular weight is 734 g/mol. The van der Waals surface area contributed by atoms with Crippen molar-refractivity contribution >= 4 is 29.3 Å². The summed E-state index contributed by atoms with van der Waals surface area (Å²) in [7, 11) is 1.30. The van der Waals surface area contributed by atoms with Crippen molar-refractivity contribution < 1.29 is 33.7 Å². The van der Waals surface area contributed by atoms with Crippen molar-refractivity contribution in [3.63, 3.8) is 0 Å². The van der Waals surface area contributed by atoms with Crippen molar-refractivity contribution in [1.82, 2.24) is 15.5 Å². The molecule has 0 bridgehead atoms. The first-order valence-electron chi connectivity index (χ1n) is 18.5. The highest BCUT2D eigenvalue weighted by molar-refractivity contribution is 5.94. The van der Waals surface area contributed by atoms with Gasteiger partial charge in [-0.2, -0.15) is 0 Å². The van der Waals surface area contributed by atoms with Crippen LogP contribution in [0.1, 0.15) is 53.9 Å². The van der Waals surface area contributed by atoms with Crippen LogP contribution < -0.4 is 20.9 Å². The molecule has 12 heteroatoms. The third-order valence-corrected chi connectivity index (χ3v) is 10.7. The molecular formula is C42H47N5O7. The zero-order valence-electron chi connectivity index (χ0n) is 30.4. The standard InChI is InChI=1S/C42H47N5O7/c1-52-38(49)36(23-29-9-4-2-5-10-29)45-41(51)44-33-12-8-11-32(24-33)39-53-35(25-37(54-39)31-17-15-30(27-48)16-18-31)26-46-21-19-42(20-22-46)40(50)43-28-47(42)34-13-6-3-7-14-34/h2-18,24,35-37,39,48H,19-23,25-28H2,1H3,(H,43,50)(H2,44,45,51). The molecule has 4 atom stereocenters. The number of carbonyl (C=O) groups is 3. The molecule has 282 valence electrons. The van der Waals surface area contributed by atoms with E-state index in [0.29, 0.717) is 38.2 Å². The second-order valence-electron chi connectivity index (χ2n) is 14.1. The average Bonchev–Trinajstić information content (AvgIpc) is 3.53. The summed E-state index contributed by atoms with van der Waals surface area (Å²) in [5.41, 5.74) is 4.37. The summed E-state index contributed by atoms with van der Waals surface area (Å²) in [5, 5.41) is 18.3. The highest BCUT2D eigenvalue weighted by Gasteiger charge is 2.50. The number of likely N-dealkylation sites (tertiary alicyclic amines) is 1. The molecule has 12 nitrogen and oxygen atoms in total. The van der Waals surface area contributed by atoms with Gasteiger partial charge in [0.25, 0.3) is 0 Å². The highest BCUT2D eigenvalue weighted by Crippen LogP contribution is 2.40. The fourth-order valence-electron chi connectivity index (χ4n) is 7.73. The molecular weight excluding hydrogens is 686 g/mol. The fourth-order valence-corrected chi connectivity index (χ4v) is 7.73. The van der Waals surface area contributed by atoms with E-state index in [1.54, 1.807) is 6.07 Å². The number of ether oxygens (including phenoxy) is 3. The van der Waals surface area contributed by atoms with Crippen LogP contribution in [0.5, 0.6) is 0 Å². The lowest BCUT2D eigenvalue weighted by atomic mass is 9.85. The molecule has 0 aliphatic carbocycles. The molecule has 4 unspecified atom stereocenters. The molecule has 4 aromatic rings. The minimum absolute atomic E-state index is 0.0453. The van der Waals surface area contributed by atoms with Gasteiger partial charge in [-0.05, 0) is 53.8 Å². The lowest BCUT2D eigenvalue weighted by Crippen LogP contribution is -2.57. The molecule has 0 saturated carbocycles. The summed E-state index contributed by atoms with van der Waals surface area (Å²) in [6, 6.07) is 33.1. The topological polar surface area (TPSA) is 142 Å². The largest absolute Gasteiger partial charge is 0.467 e. The Morgan fingerprint density at radius 1 is 0.907 bits per heavy atom. The number of benzene rings is 4. The summed E-state index contributed by atoms with van der Waals surface area (Å²) in [6.45, 7) is 2.59. The van der Waals surface area contributed by atoms with E-state index in [2.05, 4.69) is 37.9 Å². The molecule has 3 fully saturated rings. The predicted molar refractivity (Wildman–Crippen MR) is 203 cm³/mol. The van der Waals surface area contributed by atoms with E-state index >= 15 is 0 Å². The molecule has 1 spiro atoms. The number of amides is 3. The van der Waals surface area contributed by atoms with E-state index in [1.807, 2.05) is 91.0 Å². The van der Waals surface area contributed by atoms with Crippen LogP contribution in [0.4, 0.5) is 16.2 Å². The van der Waals surface area contributed by atoms with Crippen LogP contribution in [0, 0.1) is 0 Å². The number of aliphatic hydroxyl groups excluding tert-OH is 1. The van der Waals surface area contributed by atoms with Crippen molar-refractivity contribution in [3.05, 3.63) is 131 Å². The first kappa shape index (κ1) is 37.1. The van der Waals surface area contributed by atoms with Crippen LogP contribution in [0.2, 0.25) is 0 Å². The van der Waals surface area contributed by atoms with Gasteiger partial charge in [0, 0.05) is 49.4 Å². The summed E-state index contributed by atoms with van der Waals surface area (Å²) in [6.07, 6.45) is 1.08. The molecule has 0 radical (unpaired) electrons. The number of anilines is 2. The van der Waals surface area contributed by atoms with Crippen molar-refractivity contribution in [2.24, 2.45) is 0 Å². The summed E-state index contributed by atoms with van der Waals surface area (Å²) in [4.78, 5) is 43.5. The van der Waals surface area contributed by atoms with Gasteiger partial charge in [-0.1, -0.05) is 84.9 Å². The van der Waals surface area contributed by atoms with Gasteiger partial charge in [0.05, 0.1) is 32.6 Å². The number of nitrogens with one attached hydrogen (secondary N) is 3. The lowest BCUT2D eigenvalue weighted by Gasteiger charge is -2.45. The van der Waals surface area contributed by atoms with Gasteiger partial charge in [0.15, 0.2) is 6.29 Å². The number of urea groups is 1. The Labute approximate surface area is 315 Å². The Balaban J connectivity index is 1.04. The first-order valence-corrected chi connectivity index (χ1v) is 18.5. The fraction of sp³-hybridized carbons (Fsp3) is 0.357. The van der Waals surface area contributed by atoms with Crippen molar-refractivity contribution in [2.45, 2.75) is 62.4 Å². The van der Waals surface area contributed by atoms with Crippen LogP contribution in [0.3, 0.4) is 0 Å². The summed E-state index contributed by atoms with van der Waals surface area (Å²) in [5.74, 6) is -0.460. The van der Waals surface area contributed by atoms with Gasteiger partial charge in [-0.25, -0.2) is 9.59 Å². The maximum Gasteiger partial charge on any atom is 0.328 e. The maximum atomic E-state index is 13.3. The normalized spacial score (nSPS) is 21.6. The Morgan fingerprint density at radius 3 is 2.33 bits per heavy atom. The van der Waals surface area contributed by atoms with Crippen LogP contribution in [0.25, 0.3) is 0 Å². The molecule has 3 amide bonds. The van der Waals surface area contributed by atoms with E-state index < -0.39 is 29.9 Å². The van der Waals surface area contributed by atoms with Crippen molar-refractivity contribution in [2.75, 3.05) is 43.6 Å². The number of aliphatic hydroxyl groups is 1. The van der Waals surface area contributed by atoms with Crippen LogP contribution >= 0.6 is 0 Å². The zero-order chi connectivity index (χ0) is 37.5.